The fourth-order valence-electron chi connectivity index (χ4n) is 2.85. The zero-order valence-corrected chi connectivity index (χ0v) is 17.6. The Labute approximate surface area is 175 Å². The minimum atomic E-state index is -3.51. The molecule has 0 atom stereocenters. The van der Waals surface area contributed by atoms with Gasteiger partial charge in [0, 0.05) is 35.7 Å². The number of nitrogens with one attached hydrogen (secondary N) is 1. The van der Waals surface area contributed by atoms with Gasteiger partial charge in [-0.25, -0.2) is 13.4 Å². The number of hydrogen-bond donors (Lipinski definition) is 1. The summed E-state index contributed by atoms with van der Waals surface area (Å²) in [5.74, 6) is -0.369. The molecule has 0 spiro atoms. The van der Waals surface area contributed by atoms with Crippen molar-refractivity contribution in [2.75, 3.05) is 18.4 Å². The maximum Gasteiger partial charge on any atom is 0.275 e. The standard InChI is InChI=1S/C20H21ClN4O3S/c1-3-25(4-2)29(27,28)18-10-8-17(9-11-18)24-13-19(22-14-24)20(26)23-16-7-5-6-15(21)12-16/h5-14H,3-4H2,1-2H3,(H,23,26). The highest BCUT2D eigenvalue weighted by Crippen LogP contribution is 2.19. The van der Waals surface area contributed by atoms with Crippen LogP contribution in [0, 0.1) is 0 Å². The number of imidazole rings is 1. The predicted octanol–water partition coefficient (Wildman–Crippen LogP) is 3.81. The summed E-state index contributed by atoms with van der Waals surface area (Å²) in [4.78, 5) is 16.7. The Morgan fingerprint density at radius 3 is 2.45 bits per heavy atom. The van der Waals surface area contributed by atoms with E-state index in [4.69, 9.17) is 11.6 Å². The third kappa shape index (κ3) is 4.67. The van der Waals surface area contributed by atoms with Crippen LogP contribution in [0.3, 0.4) is 0 Å². The molecule has 0 aliphatic rings. The van der Waals surface area contributed by atoms with Gasteiger partial charge in [0.15, 0.2) is 0 Å². The molecule has 0 aliphatic heterocycles. The minimum absolute atomic E-state index is 0.226. The molecule has 0 unspecified atom stereocenters. The highest BCUT2D eigenvalue weighted by Gasteiger charge is 2.21. The molecule has 3 aromatic rings. The van der Waals surface area contributed by atoms with Gasteiger partial charge in [0.1, 0.15) is 12.0 Å². The summed E-state index contributed by atoms with van der Waals surface area (Å²) in [5, 5.41) is 3.26. The van der Waals surface area contributed by atoms with Gasteiger partial charge >= 0.3 is 0 Å². The van der Waals surface area contributed by atoms with Crippen LogP contribution in [0.1, 0.15) is 24.3 Å². The van der Waals surface area contributed by atoms with E-state index in [9.17, 15) is 13.2 Å². The van der Waals surface area contributed by atoms with Crippen molar-refractivity contribution in [3.8, 4) is 5.69 Å². The molecule has 1 N–H and O–H groups in total. The number of carbonyl (C=O) groups excluding carboxylic acids is 1. The topological polar surface area (TPSA) is 84.3 Å². The number of carbonyl (C=O) groups is 1. The molecular weight excluding hydrogens is 412 g/mol. The van der Waals surface area contributed by atoms with Crippen molar-refractivity contribution < 1.29 is 13.2 Å². The van der Waals surface area contributed by atoms with Crippen LogP contribution < -0.4 is 5.32 Å². The summed E-state index contributed by atoms with van der Waals surface area (Å²) >= 11 is 5.92. The van der Waals surface area contributed by atoms with E-state index in [1.165, 1.54) is 10.6 Å². The molecule has 0 saturated carbocycles. The summed E-state index contributed by atoms with van der Waals surface area (Å²) < 4.78 is 28.2. The molecular formula is C20H21ClN4O3S. The lowest BCUT2D eigenvalue weighted by Crippen LogP contribution is -2.30. The zero-order valence-electron chi connectivity index (χ0n) is 16.0. The van der Waals surface area contributed by atoms with Gasteiger partial charge in [-0.15, -0.1) is 0 Å². The van der Waals surface area contributed by atoms with Crippen molar-refractivity contribution in [1.82, 2.24) is 13.9 Å². The fraction of sp³-hybridized carbons (Fsp3) is 0.200. The van der Waals surface area contributed by atoms with Crippen molar-refractivity contribution in [2.24, 2.45) is 0 Å². The molecule has 0 aliphatic carbocycles. The van der Waals surface area contributed by atoms with Crippen LogP contribution in [-0.4, -0.2) is 41.3 Å². The van der Waals surface area contributed by atoms with Gasteiger partial charge in [0.2, 0.25) is 10.0 Å². The Morgan fingerprint density at radius 1 is 1.14 bits per heavy atom. The van der Waals surface area contributed by atoms with Crippen LogP contribution in [0.25, 0.3) is 5.69 Å². The largest absolute Gasteiger partial charge is 0.321 e. The molecule has 0 saturated heterocycles. The molecule has 1 amide bonds. The van der Waals surface area contributed by atoms with Crippen LogP contribution in [-0.2, 0) is 10.0 Å². The Hall–Kier alpha value is -2.68. The Morgan fingerprint density at radius 2 is 1.83 bits per heavy atom. The number of aromatic nitrogens is 2. The number of sulfonamides is 1. The van der Waals surface area contributed by atoms with Gasteiger partial charge in [0.05, 0.1) is 4.90 Å². The molecule has 152 valence electrons. The third-order valence-corrected chi connectivity index (χ3v) is 6.67. The van der Waals surface area contributed by atoms with Crippen molar-refractivity contribution in [1.29, 1.82) is 0 Å². The van der Waals surface area contributed by atoms with Crippen molar-refractivity contribution in [2.45, 2.75) is 18.7 Å². The van der Waals surface area contributed by atoms with E-state index in [2.05, 4.69) is 10.3 Å². The molecule has 2 aromatic carbocycles. The van der Waals surface area contributed by atoms with Gasteiger partial charge in [-0.1, -0.05) is 31.5 Å². The van der Waals surface area contributed by atoms with E-state index in [1.807, 2.05) is 0 Å². The van der Waals surface area contributed by atoms with E-state index < -0.39 is 10.0 Å². The first kappa shape index (κ1) is 21.0. The van der Waals surface area contributed by atoms with Crippen molar-refractivity contribution in [3.05, 3.63) is 71.8 Å². The molecule has 0 radical (unpaired) electrons. The Kier molecular flexibility index (Phi) is 6.36. The summed E-state index contributed by atoms with van der Waals surface area (Å²) in [5.41, 5.74) is 1.49. The Balaban J connectivity index is 1.77. The lowest BCUT2D eigenvalue weighted by molar-refractivity contribution is 0.102. The first-order chi connectivity index (χ1) is 13.8. The second-order valence-corrected chi connectivity index (χ2v) is 8.59. The second kappa shape index (κ2) is 8.77. The second-order valence-electron chi connectivity index (χ2n) is 6.21. The number of hydrogen-bond acceptors (Lipinski definition) is 4. The molecule has 3 rings (SSSR count). The monoisotopic (exact) mass is 432 g/mol. The number of benzene rings is 2. The average Bonchev–Trinajstić information content (AvgIpc) is 3.19. The van der Waals surface area contributed by atoms with Crippen molar-refractivity contribution >= 4 is 33.2 Å². The smallest absolute Gasteiger partial charge is 0.275 e. The van der Waals surface area contributed by atoms with Gasteiger partial charge in [0.25, 0.3) is 5.91 Å². The van der Waals surface area contributed by atoms with E-state index in [1.54, 1.807) is 73.1 Å². The summed E-state index contributed by atoms with van der Waals surface area (Å²) in [7, 11) is -3.51. The van der Waals surface area contributed by atoms with Crippen LogP contribution in [0.15, 0.2) is 66.0 Å². The number of rotatable bonds is 7. The number of halogens is 1. The van der Waals surface area contributed by atoms with Crippen LogP contribution >= 0.6 is 11.6 Å². The molecule has 7 nitrogen and oxygen atoms in total. The first-order valence-electron chi connectivity index (χ1n) is 9.06. The quantitative estimate of drug-likeness (QED) is 0.615. The molecule has 1 heterocycles. The fourth-order valence-corrected chi connectivity index (χ4v) is 4.49. The zero-order chi connectivity index (χ0) is 21.0. The van der Waals surface area contributed by atoms with Gasteiger partial charge in [-0.05, 0) is 42.5 Å². The summed E-state index contributed by atoms with van der Waals surface area (Å²) in [6, 6.07) is 13.3. The highest BCUT2D eigenvalue weighted by molar-refractivity contribution is 7.89. The maximum absolute atomic E-state index is 12.6. The molecule has 29 heavy (non-hydrogen) atoms. The van der Waals surface area contributed by atoms with Crippen LogP contribution in [0.4, 0.5) is 5.69 Å². The Bertz CT molecular complexity index is 1110. The first-order valence-corrected chi connectivity index (χ1v) is 10.9. The molecule has 0 bridgehead atoms. The lowest BCUT2D eigenvalue weighted by atomic mass is 10.3. The van der Waals surface area contributed by atoms with Gasteiger partial charge in [-0.2, -0.15) is 4.31 Å². The van der Waals surface area contributed by atoms with Crippen LogP contribution in [0.2, 0.25) is 5.02 Å². The van der Waals surface area contributed by atoms with E-state index >= 15 is 0 Å². The number of nitrogens with zero attached hydrogens (tertiary/aromatic N) is 3. The van der Waals surface area contributed by atoms with Gasteiger partial charge < -0.3 is 9.88 Å². The van der Waals surface area contributed by atoms with E-state index in [0.717, 1.165) is 0 Å². The number of anilines is 1. The maximum atomic E-state index is 12.6. The SMILES string of the molecule is CCN(CC)S(=O)(=O)c1ccc(-n2cnc(C(=O)Nc3cccc(Cl)c3)c2)cc1. The van der Waals surface area contributed by atoms with Crippen molar-refractivity contribution in [3.63, 3.8) is 0 Å². The van der Waals surface area contributed by atoms with E-state index in [0.29, 0.717) is 29.5 Å². The number of amides is 1. The molecule has 1 aromatic heterocycles. The lowest BCUT2D eigenvalue weighted by Gasteiger charge is -2.18. The average molecular weight is 433 g/mol. The molecule has 0 fully saturated rings. The highest BCUT2D eigenvalue weighted by atomic mass is 35.5. The predicted molar refractivity (Wildman–Crippen MR) is 113 cm³/mol. The summed E-state index contributed by atoms with van der Waals surface area (Å²) in [6.45, 7) is 4.42. The normalized spacial score (nSPS) is 11.6. The minimum Gasteiger partial charge on any atom is -0.321 e. The van der Waals surface area contributed by atoms with Crippen LogP contribution in [0.5, 0.6) is 0 Å². The molecule has 9 heteroatoms. The third-order valence-electron chi connectivity index (χ3n) is 4.38. The van der Waals surface area contributed by atoms with Gasteiger partial charge in [-0.3, -0.25) is 4.79 Å². The summed E-state index contributed by atoms with van der Waals surface area (Å²) in [6.07, 6.45) is 3.08. The van der Waals surface area contributed by atoms with E-state index in [-0.39, 0.29) is 16.5 Å².